The van der Waals surface area contributed by atoms with E-state index in [4.69, 9.17) is 0 Å². The van der Waals surface area contributed by atoms with Gasteiger partial charge in [-0.2, -0.15) is 10.1 Å². The van der Waals surface area contributed by atoms with Crippen LogP contribution in [-0.4, -0.2) is 35.8 Å². The molecular formula is C19H23N7O. The van der Waals surface area contributed by atoms with Crippen LogP contribution < -0.4 is 10.9 Å². The Morgan fingerprint density at radius 3 is 2.85 bits per heavy atom. The standard InChI is InChI=1S/C19H23N7O/c1-19(2,3)26-16-13(11-22-26)17(27)24-18(23-16)20-9-6-10-25-12-21-14-7-4-5-8-15(14)25/h4-5,7-8,11-12H,6,9-10H2,1-3H3,(H2,20,23,24,27). The third-order valence-corrected chi connectivity index (χ3v) is 4.47. The minimum absolute atomic E-state index is 0.182. The van der Waals surface area contributed by atoms with Crippen LogP contribution in [0.4, 0.5) is 5.95 Å². The van der Waals surface area contributed by atoms with Crippen LogP contribution in [-0.2, 0) is 12.1 Å². The monoisotopic (exact) mass is 365 g/mol. The number of benzene rings is 1. The molecule has 0 aliphatic carbocycles. The first-order valence-corrected chi connectivity index (χ1v) is 9.06. The van der Waals surface area contributed by atoms with E-state index < -0.39 is 0 Å². The Balaban J connectivity index is 1.47. The molecule has 2 N–H and O–H groups in total. The van der Waals surface area contributed by atoms with Crippen molar-refractivity contribution in [2.75, 3.05) is 11.9 Å². The van der Waals surface area contributed by atoms with E-state index in [0.717, 1.165) is 24.0 Å². The van der Waals surface area contributed by atoms with Gasteiger partial charge in [0, 0.05) is 13.1 Å². The van der Waals surface area contributed by atoms with Crippen LogP contribution in [0.15, 0.2) is 41.6 Å². The van der Waals surface area contributed by atoms with Crippen molar-refractivity contribution in [3.05, 3.63) is 47.1 Å². The van der Waals surface area contributed by atoms with Gasteiger partial charge in [-0.3, -0.25) is 9.78 Å². The van der Waals surface area contributed by atoms with E-state index in [9.17, 15) is 4.79 Å². The average molecular weight is 365 g/mol. The van der Waals surface area contributed by atoms with Crippen LogP contribution in [0, 0.1) is 0 Å². The molecule has 4 aromatic rings. The number of H-pyrrole nitrogens is 1. The van der Waals surface area contributed by atoms with Gasteiger partial charge in [0.25, 0.3) is 5.56 Å². The highest BCUT2D eigenvalue weighted by Gasteiger charge is 2.19. The van der Waals surface area contributed by atoms with Gasteiger partial charge in [-0.1, -0.05) is 12.1 Å². The summed E-state index contributed by atoms with van der Waals surface area (Å²) in [5.41, 5.74) is 2.28. The van der Waals surface area contributed by atoms with Gasteiger partial charge < -0.3 is 9.88 Å². The maximum atomic E-state index is 12.3. The summed E-state index contributed by atoms with van der Waals surface area (Å²) in [4.78, 5) is 24.1. The molecule has 0 fully saturated rings. The first kappa shape index (κ1) is 17.3. The number of aromatic amines is 1. The number of rotatable bonds is 5. The van der Waals surface area contributed by atoms with Crippen LogP contribution in [0.25, 0.3) is 22.1 Å². The Morgan fingerprint density at radius 2 is 2.04 bits per heavy atom. The highest BCUT2D eigenvalue weighted by Crippen LogP contribution is 2.18. The lowest BCUT2D eigenvalue weighted by atomic mass is 10.1. The van der Waals surface area contributed by atoms with Gasteiger partial charge in [0.2, 0.25) is 5.95 Å². The summed E-state index contributed by atoms with van der Waals surface area (Å²) in [6, 6.07) is 8.07. The molecule has 8 nitrogen and oxygen atoms in total. The molecule has 3 aromatic heterocycles. The van der Waals surface area contributed by atoms with E-state index >= 15 is 0 Å². The molecule has 0 bridgehead atoms. The molecule has 0 saturated carbocycles. The predicted molar refractivity (Wildman–Crippen MR) is 106 cm³/mol. The Kier molecular flexibility index (Phi) is 4.18. The molecule has 0 atom stereocenters. The van der Waals surface area contributed by atoms with Crippen LogP contribution >= 0.6 is 0 Å². The third-order valence-electron chi connectivity index (χ3n) is 4.47. The number of hydrogen-bond donors (Lipinski definition) is 2. The van der Waals surface area contributed by atoms with Gasteiger partial charge in [-0.25, -0.2) is 9.67 Å². The second kappa shape index (κ2) is 6.53. The molecule has 4 rings (SSSR count). The zero-order valence-corrected chi connectivity index (χ0v) is 15.7. The number of aromatic nitrogens is 6. The fourth-order valence-electron chi connectivity index (χ4n) is 3.14. The van der Waals surface area contributed by atoms with Gasteiger partial charge in [-0.15, -0.1) is 0 Å². The number of para-hydroxylation sites is 2. The van der Waals surface area contributed by atoms with Gasteiger partial charge in [0.15, 0.2) is 5.65 Å². The Bertz CT molecular complexity index is 1150. The SMILES string of the molecule is CC(C)(C)n1ncc2c(=O)[nH]c(NCCCn3cnc4ccccc43)nc21. The Labute approximate surface area is 156 Å². The number of fused-ring (bicyclic) bond motifs is 2. The van der Waals surface area contributed by atoms with E-state index in [1.54, 1.807) is 10.9 Å². The predicted octanol–water partition coefficient (Wildman–Crippen LogP) is 2.73. The number of anilines is 1. The summed E-state index contributed by atoms with van der Waals surface area (Å²) in [5.74, 6) is 0.467. The molecule has 3 heterocycles. The quantitative estimate of drug-likeness (QED) is 0.531. The van der Waals surface area contributed by atoms with Crippen molar-refractivity contribution in [2.24, 2.45) is 0 Å². The van der Waals surface area contributed by atoms with Crippen molar-refractivity contribution in [2.45, 2.75) is 39.3 Å². The highest BCUT2D eigenvalue weighted by molar-refractivity contribution is 5.75. The molecule has 0 spiro atoms. The van der Waals surface area contributed by atoms with Gasteiger partial charge in [0.05, 0.1) is 29.1 Å². The number of hydrogen-bond acceptors (Lipinski definition) is 5. The zero-order chi connectivity index (χ0) is 19.0. The second-order valence-corrected chi connectivity index (χ2v) is 7.59. The fraction of sp³-hybridized carbons (Fsp3) is 0.368. The summed E-state index contributed by atoms with van der Waals surface area (Å²) in [7, 11) is 0. The zero-order valence-electron chi connectivity index (χ0n) is 15.7. The topological polar surface area (TPSA) is 93.4 Å². The number of aryl methyl sites for hydroxylation is 1. The molecular weight excluding hydrogens is 342 g/mol. The first-order chi connectivity index (χ1) is 12.9. The largest absolute Gasteiger partial charge is 0.356 e. The summed E-state index contributed by atoms with van der Waals surface area (Å²) in [6.07, 6.45) is 4.31. The summed E-state index contributed by atoms with van der Waals surface area (Å²) in [6.45, 7) is 7.62. The summed E-state index contributed by atoms with van der Waals surface area (Å²) >= 11 is 0. The van der Waals surface area contributed by atoms with E-state index in [0.29, 0.717) is 23.5 Å². The van der Waals surface area contributed by atoms with Crippen LogP contribution in [0.1, 0.15) is 27.2 Å². The molecule has 140 valence electrons. The molecule has 0 radical (unpaired) electrons. The number of imidazole rings is 1. The van der Waals surface area contributed by atoms with Crippen molar-refractivity contribution < 1.29 is 0 Å². The van der Waals surface area contributed by atoms with Crippen molar-refractivity contribution in [1.29, 1.82) is 0 Å². The van der Waals surface area contributed by atoms with Gasteiger partial charge in [-0.05, 0) is 39.3 Å². The normalized spacial score (nSPS) is 12.1. The molecule has 0 aliphatic rings. The molecule has 0 aliphatic heterocycles. The van der Waals surface area contributed by atoms with Crippen molar-refractivity contribution in [3.8, 4) is 0 Å². The highest BCUT2D eigenvalue weighted by atomic mass is 16.1. The lowest BCUT2D eigenvalue weighted by Crippen LogP contribution is -2.24. The number of nitrogens with zero attached hydrogens (tertiary/aromatic N) is 5. The minimum Gasteiger partial charge on any atom is -0.356 e. The maximum Gasteiger partial charge on any atom is 0.263 e. The molecule has 0 unspecified atom stereocenters. The molecule has 0 amide bonds. The van der Waals surface area contributed by atoms with E-state index in [1.807, 2.05) is 45.3 Å². The van der Waals surface area contributed by atoms with E-state index in [1.165, 1.54) is 0 Å². The second-order valence-electron chi connectivity index (χ2n) is 7.59. The lowest BCUT2D eigenvalue weighted by Gasteiger charge is -2.19. The summed E-state index contributed by atoms with van der Waals surface area (Å²) in [5, 5.41) is 8.04. The average Bonchev–Trinajstić information content (AvgIpc) is 3.23. The summed E-state index contributed by atoms with van der Waals surface area (Å²) < 4.78 is 3.91. The molecule has 0 saturated heterocycles. The fourth-order valence-corrected chi connectivity index (χ4v) is 3.14. The van der Waals surface area contributed by atoms with Crippen molar-refractivity contribution >= 4 is 28.0 Å². The van der Waals surface area contributed by atoms with Crippen molar-refractivity contribution in [1.82, 2.24) is 29.3 Å². The third kappa shape index (κ3) is 3.30. The maximum absolute atomic E-state index is 12.3. The number of nitrogens with one attached hydrogen (secondary N) is 2. The first-order valence-electron chi connectivity index (χ1n) is 9.06. The Hall–Kier alpha value is -3.16. The van der Waals surface area contributed by atoms with Crippen LogP contribution in [0.2, 0.25) is 0 Å². The van der Waals surface area contributed by atoms with Crippen molar-refractivity contribution in [3.63, 3.8) is 0 Å². The smallest absolute Gasteiger partial charge is 0.263 e. The van der Waals surface area contributed by atoms with E-state index in [2.05, 4.69) is 36.0 Å². The molecule has 8 heteroatoms. The molecule has 27 heavy (non-hydrogen) atoms. The van der Waals surface area contributed by atoms with Gasteiger partial charge >= 0.3 is 0 Å². The minimum atomic E-state index is -0.248. The molecule has 1 aromatic carbocycles. The van der Waals surface area contributed by atoms with Crippen LogP contribution in [0.3, 0.4) is 0 Å². The van der Waals surface area contributed by atoms with E-state index in [-0.39, 0.29) is 11.1 Å². The van der Waals surface area contributed by atoms with Crippen LogP contribution in [0.5, 0.6) is 0 Å². The Morgan fingerprint density at radius 1 is 1.22 bits per heavy atom. The van der Waals surface area contributed by atoms with Gasteiger partial charge in [0.1, 0.15) is 5.39 Å². The lowest BCUT2D eigenvalue weighted by molar-refractivity contribution is 0.366.